The zero-order valence-electron chi connectivity index (χ0n) is 7.50. The molecule has 13 heavy (non-hydrogen) atoms. The highest BCUT2D eigenvalue weighted by molar-refractivity contribution is 5.69. The fraction of sp³-hybridized carbons (Fsp3) is 0.556. The van der Waals surface area contributed by atoms with Crippen LogP contribution in [-0.2, 0) is 11.2 Å². The highest BCUT2D eigenvalue weighted by atomic mass is 16.4. The number of carboxylic acid groups (broad SMARTS) is 1. The number of rotatable bonds is 3. The van der Waals surface area contributed by atoms with E-state index < -0.39 is 5.97 Å². The lowest BCUT2D eigenvalue weighted by molar-refractivity contribution is -0.136. The first-order valence-corrected chi connectivity index (χ1v) is 4.44. The molecular weight excluding hydrogens is 168 g/mol. The number of carbonyl (C=O) groups is 1. The summed E-state index contributed by atoms with van der Waals surface area (Å²) >= 11 is 0. The highest BCUT2D eigenvalue weighted by Gasteiger charge is 2.28. The summed E-state index contributed by atoms with van der Waals surface area (Å²) in [6, 6.07) is 0. The molecule has 1 fully saturated rings. The van der Waals surface area contributed by atoms with Gasteiger partial charge in [-0.15, -0.1) is 0 Å². The van der Waals surface area contributed by atoms with Crippen LogP contribution < -0.4 is 0 Å². The minimum Gasteiger partial charge on any atom is -0.481 e. The molecule has 1 aromatic rings. The van der Waals surface area contributed by atoms with Gasteiger partial charge in [-0.3, -0.25) is 4.79 Å². The first-order chi connectivity index (χ1) is 6.16. The van der Waals surface area contributed by atoms with Gasteiger partial charge in [-0.1, -0.05) is 0 Å². The molecule has 1 aliphatic carbocycles. The van der Waals surface area contributed by atoms with Gasteiger partial charge in [-0.05, 0) is 19.8 Å². The van der Waals surface area contributed by atoms with E-state index in [1.807, 2.05) is 6.92 Å². The standard InChI is InChI=1S/C9H12N2O2/c1-5-9(6-2-3-6)11-7(10-5)4-8(12)13/h6H,2-4H2,1H3,(H,10,11)(H,12,13). The molecule has 2 N–H and O–H groups in total. The third-order valence-corrected chi connectivity index (χ3v) is 2.25. The van der Waals surface area contributed by atoms with Gasteiger partial charge in [0, 0.05) is 11.6 Å². The molecule has 0 aliphatic heterocycles. The molecule has 0 spiro atoms. The largest absolute Gasteiger partial charge is 0.481 e. The summed E-state index contributed by atoms with van der Waals surface area (Å²) in [6.45, 7) is 1.95. The average Bonchev–Trinajstić information content (AvgIpc) is 2.77. The molecule has 1 heterocycles. The van der Waals surface area contributed by atoms with Crippen LogP contribution in [0.25, 0.3) is 0 Å². The van der Waals surface area contributed by atoms with Gasteiger partial charge in [0.25, 0.3) is 0 Å². The summed E-state index contributed by atoms with van der Waals surface area (Å²) in [5.41, 5.74) is 2.09. The van der Waals surface area contributed by atoms with Crippen LogP contribution in [-0.4, -0.2) is 21.0 Å². The molecule has 0 aromatic carbocycles. The minimum atomic E-state index is -0.837. The van der Waals surface area contributed by atoms with Crippen molar-refractivity contribution in [3.8, 4) is 0 Å². The van der Waals surface area contributed by atoms with E-state index in [2.05, 4.69) is 9.97 Å². The van der Waals surface area contributed by atoms with Gasteiger partial charge in [0.15, 0.2) is 0 Å². The molecule has 1 aliphatic rings. The van der Waals surface area contributed by atoms with E-state index >= 15 is 0 Å². The van der Waals surface area contributed by atoms with Crippen molar-refractivity contribution in [2.45, 2.75) is 32.1 Å². The van der Waals surface area contributed by atoms with Gasteiger partial charge in [0.05, 0.1) is 5.69 Å². The van der Waals surface area contributed by atoms with Crippen molar-refractivity contribution in [1.82, 2.24) is 9.97 Å². The number of nitrogens with one attached hydrogen (secondary N) is 1. The summed E-state index contributed by atoms with van der Waals surface area (Å²) in [4.78, 5) is 17.7. The number of aryl methyl sites for hydroxylation is 1. The van der Waals surface area contributed by atoms with Crippen molar-refractivity contribution in [1.29, 1.82) is 0 Å². The number of aromatic amines is 1. The highest BCUT2D eigenvalue weighted by Crippen LogP contribution is 2.40. The van der Waals surface area contributed by atoms with Gasteiger partial charge < -0.3 is 10.1 Å². The Balaban J connectivity index is 2.19. The zero-order chi connectivity index (χ0) is 9.42. The predicted molar refractivity (Wildman–Crippen MR) is 46.6 cm³/mol. The molecular formula is C9H12N2O2. The number of aliphatic carboxylic acids is 1. The Morgan fingerprint density at radius 1 is 1.69 bits per heavy atom. The number of carboxylic acids is 1. The second-order valence-electron chi connectivity index (χ2n) is 3.54. The minimum absolute atomic E-state index is 0.00639. The number of nitrogens with zero attached hydrogens (tertiary/aromatic N) is 1. The van der Waals surface area contributed by atoms with E-state index in [9.17, 15) is 4.79 Å². The second kappa shape index (κ2) is 2.87. The van der Waals surface area contributed by atoms with Crippen LogP contribution in [0.4, 0.5) is 0 Å². The van der Waals surface area contributed by atoms with Crippen molar-refractivity contribution in [2.24, 2.45) is 0 Å². The van der Waals surface area contributed by atoms with Crippen LogP contribution in [0.1, 0.15) is 36.0 Å². The van der Waals surface area contributed by atoms with E-state index in [-0.39, 0.29) is 6.42 Å². The van der Waals surface area contributed by atoms with Crippen molar-refractivity contribution < 1.29 is 9.90 Å². The SMILES string of the molecule is Cc1[nH]c(CC(=O)O)nc1C1CC1. The Morgan fingerprint density at radius 3 is 2.92 bits per heavy atom. The molecule has 2 rings (SSSR count). The third kappa shape index (κ3) is 1.71. The van der Waals surface area contributed by atoms with Crippen LogP contribution in [0, 0.1) is 6.92 Å². The topological polar surface area (TPSA) is 66.0 Å². The molecule has 0 bridgehead atoms. The van der Waals surface area contributed by atoms with Crippen LogP contribution in [0.3, 0.4) is 0 Å². The van der Waals surface area contributed by atoms with Gasteiger partial charge >= 0.3 is 5.97 Å². The van der Waals surface area contributed by atoms with Gasteiger partial charge in [-0.25, -0.2) is 4.98 Å². The average molecular weight is 180 g/mol. The molecule has 4 heteroatoms. The van der Waals surface area contributed by atoms with Crippen LogP contribution in [0.5, 0.6) is 0 Å². The molecule has 0 unspecified atom stereocenters. The van der Waals surface area contributed by atoms with Gasteiger partial charge in [0.1, 0.15) is 12.2 Å². The van der Waals surface area contributed by atoms with Crippen molar-refractivity contribution in [3.63, 3.8) is 0 Å². The monoisotopic (exact) mass is 180 g/mol. The maximum Gasteiger partial charge on any atom is 0.311 e. The lowest BCUT2D eigenvalue weighted by atomic mass is 10.2. The second-order valence-corrected chi connectivity index (χ2v) is 3.54. The Morgan fingerprint density at radius 2 is 2.38 bits per heavy atom. The fourth-order valence-corrected chi connectivity index (χ4v) is 1.52. The van der Waals surface area contributed by atoms with E-state index in [0.29, 0.717) is 11.7 Å². The molecule has 0 atom stereocenters. The van der Waals surface area contributed by atoms with E-state index in [4.69, 9.17) is 5.11 Å². The van der Waals surface area contributed by atoms with Crippen LogP contribution in [0.2, 0.25) is 0 Å². The molecule has 0 amide bonds. The Hall–Kier alpha value is -1.32. The van der Waals surface area contributed by atoms with Crippen molar-refractivity contribution in [3.05, 3.63) is 17.2 Å². The van der Waals surface area contributed by atoms with E-state index in [0.717, 1.165) is 11.4 Å². The maximum atomic E-state index is 10.4. The lowest BCUT2D eigenvalue weighted by Crippen LogP contribution is -2.01. The number of imidazole rings is 1. The first kappa shape index (κ1) is 8.29. The summed E-state index contributed by atoms with van der Waals surface area (Å²) < 4.78 is 0. The summed E-state index contributed by atoms with van der Waals surface area (Å²) in [5.74, 6) is 0.321. The van der Waals surface area contributed by atoms with Crippen molar-refractivity contribution in [2.75, 3.05) is 0 Å². The Kier molecular flexibility index (Phi) is 1.83. The molecule has 1 aromatic heterocycles. The Bertz CT molecular complexity index is 339. The summed E-state index contributed by atoms with van der Waals surface area (Å²) in [7, 11) is 0. The number of aromatic nitrogens is 2. The molecule has 70 valence electrons. The first-order valence-electron chi connectivity index (χ1n) is 4.44. The lowest BCUT2D eigenvalue weighted by Gasteiger charge is -1.89. The number of hydrogen-bond acceptors (Lipinski definition) is 2. The van der Waals surface area contributed by atoms with Crippen LogP contribution in [0.15, 0.2) is 0 Å². The fourth-order valence-electron chi connectivity index (χ4n) is 1.52. The van der Waals surface area contributed by atoms with Gasteiger partial charge in [0.2, 0.25) is 0 Å². The molecule has 1 saturated carbocycles. The van der Waals surface area contributed by atoms with E-state index in [1.54, 1.807) is 0 Å². The molecule has 0 radical (unpaired) electrons. The maximum absolute atomic E-state index is 10.4. The summed E-state index contributed by atoms with van der Waals surface area (Å²) in [6.07, 6.45) is 2.38. The van der Waals surface area contributed by atoms with Gasteiger partial charge in [-0.2, -0.15) is 0 Å². The predicted octanol–water partition coefficient (Wildman–Crippen LogP) is 1.22. The number of hydrogen-bond donors (Lipinski definition) is 2. The van der Waals surface area contributed by atoms with Crippen LogP contribution >= 0.6 is 0 Å². The van der Waals surface area contributed by atoms with Crippen molar-refractivity contribution >= 4 is 5.97 Å². The summed E-state index contributed by atoms with van der Waals surface area (Å²) in [5, 5.41) is 8.56. The smallest absolute Gasteiger partial charge is 0.311 e. The zero-order valence-corrected chi connectivity index (χ0v) is 7.50. The number of H-pyrrole nitrogens is 1. The Labute approximate surface area is 76.0 Å². The quantitative estimate of drug-likeness (QED) is 0.735. The van der Waals surface area contributed by atoms with E-state index in [1.165, 1.54) is 12.8 Å². The third-order valence-electron chi connectivity index (χ3n) is 2.25. The molecule has 0 saturated heterocycles. The normalized spacial score (nSPS) is 16.1. The molecule has 4 nitrogen and oxygen atoms in total.